The highest BCUT2D eigenvalue weighted by Gasteiger charge is 2.24. The van der Waals surface area contributed by atoms with E-state index in [-0.39, 0.29) is 6.04 Å². The summed E-state index contributed by atoms with van der Waals surface area (Å²) in [6, 6.07) is 6.48. The van der Waals surface area contributed by atoms with E-state index in [2.05, 4.69) is 33.3 Å². The van der Waals surface area contributed by atoms with E-state index in [0.29, 0.717) is 5.92 Å². The molecule has 2 atom stereocenters. The fraction of sp³-hybridized carbons (Fsp3) is 0.462. The zero-order chi connectivity index (χ0) is 11.8. The standard InChI is InChI=1S/C13H18N4/c1-10-5-7-16(9-11(10)14)13-4-2-3-12-15-6-8-17(12)13/h2-4,6,8,10-11H,5,7,9,14H2,1H3. The number of aromatic nitrogens is 2. The maximum absolute atomic E-state index is 6.16. The molecule has 0 radical (unpaired) electrons. The molecule has 0 bridgehead atoms. The van der Waals surface area contributed by atoms with Crippen molar-refractivity contribution in [3.63, 3.8) is 0 Å². The lowest BCUT2D eigenvalue weighted by Gasteiger charge is -2.36. The van der Waals surface area contributed by atoms with Gasteiger partial charge in [-0.2, -0.15) is 0 Å². The molecule has 4 heteroatoms. The van der Waals surface area contributed by atoms with E-state index < -0.39 is 0 Å². The van der Waals surface area contributed by atoms with E-state index in [9.17, 15) is 0 Å². The topological polar surface area (TPSA) is 46.6 Å². The van der Waals surface area contributed by atoms with E-state index in [1.807, 2.05) is 18.5 Å². The molecule has 0 saturated carbocycles. The molecule has 4 nitrogen and oxygen atoms in total. The van der Waals surface area contributed by atoms with Gasteiger partial charge in [-0.25, -0.2) is 4.98 Å². The fourth-order valence-electron chi connectivity index (χ4n) is 2.50. The Morgan fingerprint density at radius 2 is 2.29 bits per heavy atom. The number of pyridine rings is 1. The summed E-state index contributed by atoms with van der Waals surface area (Å²) in [5.41, 5.74) is 7.15. The van der Waals surface area contributed by atoms with Crippen LogP contribution in [-0.2, 0) is 0 Å². The zero-order valence-electron chi connectivity index (χ0n) is 10.1. The van der Waals surface area contributed by atoms with Gasteiger partial charge in [0.2, 0.25) is 0 Å². The van der Waals surface area contributed by atoms with Crippen molar-refractivity contribution in [2.24, 2.45) is 11.7 Å². The van der Waals surface area contributed by atoms with Crippen LogP contribution in [0.4, 0.5) is 5.82 Å². The van der Waals surface area contributed by atoms with Gasteiger partial charge in [0, 0.05) is 31.5 Å². The van der Waals surface area contributed by atoms with Crippen LogP contribution < -0.4 is 10.6 Å². The second kappa shape index (κ2) is 4.04. The minimum absolute atomic E-state index is 0.266. The van der Waals surface area contributed by atoms with Gasteiger partial charge >= 0.3 is 0 Å². The first kappa shape index (κ1) is 10.6. The van der Waals surface area contributed by atoms with Gasteiger partial charge in [-0.1, -0.05) is 13.0 Å². The highest BCUT2D eigenvalue weighted by molar-refractivity contribution is 5.51. The minimum Gasteiger partial charge on any atom is -0.356 e. The van der Waals surface area contributed by atoms with Crippen LogP contribution in [0.25, 0.3) is 5.65 Å². The van der Waals surface area contributed by atoms with Crippen LogP contribution >= 0.6 is 0 Å². The summed E-state index contributed by atoms with van der Waals surface area (Å²) in [5.74, 6) is 1.82. The van der Waals surface area contributed by atoms with Crippen LogP contribution in [0.1, 0.15) is 13.3 Å². The molecule has 0 aliphatic carbocycles. The van der Waals surface area contributed by atoms with Gasteiger partial charge in [0.15, 0.2) is 0 Å². The van der Waals surface area contributed by atoms with Crippen molar-refractivity contribution in [2.75, 3.05) is 18.0 Å². The third-order valence-electron chi connectivity index (χ3n) is 3.75. The quantitative estimate of drug-likeness (QED) is 0.807. The first-order valence-electron chi connectivity index (χ1n) is 6.18. The lowest BCUT2D eigenvalue weighted by Crippen LogP contribution is -2.48. The number of nitrogens with zero attached hydrogens (tertiary/aromatic N) is 3. The molecule has 0 aromatic carbocycles. The SMILES string of the molecule is CC1CCN(c2cccc3nccn23)CC1N. The predicted molar refractivity (Wildman–Crippen MR) is 69.2 cm³/mol. The third kappa shape index (κ3) is 1.78. The van der Waals surface area contributed by atoms with Crippen molar-refractivity contribution < 1.29 is 0 Å². The van der Waals surface area contributed by atoms with Crippen LogP contribution in [0.15, 0.2) is 30.6 Å². The first-order chi connectivity index (χ1) is 8.25. The molecule has 3 rings (SSSR count). The number of nitrogens with two attached hydrogens (primary N) is 1. The summed E-state index contributed by atoms with van der Waals surface area (Å²) in [4.78, 5) is 6.67. The number of fused-ring (bicyclic) bond motifs is 1. The Morgan fingerprint density at radius 1 is 1.41 bits per heavy atom. The Labute approximate surface area is 101 Å². The van der Waals surface area contributed by atoms with Crippen LogP contribution in [0.2, 0.25) is 0 Å². The summed E-state index contributed by atoms with van der Waals surface area (Å²) < 4.78 is 2.13. The molecule has 2 aromatic heterocycles. The average molecular weight is 230 g/mol. The summed E-state index contributed by atoms with van der Waals surface area (Å²) in [5, 5.41) is 0. The molecule has 2 N–H and O–H groups in total. The Kier molecular flexibility index (Phi) is 2.52. The van der Waals surface area contributed by atoms with E-state index in [1.165, 1.54) is 5.82 Å². The van der Waals surface area contributed by atoms with E-state index >= 15 is 0 Å². The van der Waals surface area contributed by atoms with Crippen molar-refractivity contribution in [2.45, 2.75) is 19.4 Å². The summed E-state index contributed by atoms with van der Waals surface area (Å²) in [6.07, 6.45) is 5.01. The van der Waals surface area contributed by atoms with Crippen LogP contribution in [0.5, 0.6) is 0 Å². The molecule has 0 amide bonds. The molecule has 3 heterocycles. The summed E-state index contributed by atoms with van der Waals surface area (Å²) in [7, 11) is 0. The molecular formula is C13H18N4. The Balaban J connectivity index is 1.96. The number of hydrogen-bond donors (Lipinski definition) is 1. The number of imidazole rings is 1. The second-order valence-electron chi connectivity index (χ2n) is 4.92. The van der Waals surface area contributed by atoms with Gasteiger partial charge < -0.3 is 10.6 Å². The van der Waals surface area contributed by atoms with Crippen LogP contribution in [0.3, 0.4) is 0 Å². The maximum atomic E-state index is 6.16. The average Bonchev–Trinajstić information content (AvgIpc) is 2.80. The van der Waals surface area contributed by atoms with Crippen molar-refractivity contribution >= 4 is 11.5 Å². The Bertz CT molecular complexity index is 519. The van der Waals surface area contributed by atoms with Crippen molar-refractivity contribution in [1.82, 2.24) is 9.38 Å². The third-order valence-corrected chi connectivity index (χ3v) is 3.75. The van der Waals surface area contributed by atoms with E-state index in [4.69, 9.17) is 5.73 Å². The minimum atomic E-state index is 0.266. The monoisotopic (exact) mass is 230 g/mol. The highest BCUT2D eigenvalue weighted by atomic mass is 15.2. The van der Waals surface area contributed by atoms with Crippen molar-refractivity contribution in [3.8, 4) is 0 Å². The first-order valence-corrected chi connectivity index (χ1v) is 6.18. The van der Waals surface area contributed by atoms with E-state index in [1.54, 1.807) is 0 Å². The molecule has 2 unspecified atom stereocenters. The molecule has 1 fully saturated rings. The van der Waals surface area contributed by atoms with Crippen LogP contribution in [0, 0.1) is 5.92 Å². The molecule has 1 saturated heterocycles. The van der Waals surface area contributed by atoms with Gasteiger partial charge in [0.25, 0.3) is 0 Å². The Hall–Kier alpha value is -1.55. The van der Waals surface area contributed by atoms with Gasteiger partial charge in [-0.05, 0) is 24.5 Å². The molecular weight excluding hydrogens is 212 g/mol. The summed E-state index contributed by atoms with van der Waals surface area (Å²) in [6.45, 7) is 4.24. The van der Waals surface area contributed by atoms with Crippen LogP contribution in [-0.4, -0.2) is 28.5 Å². The van der Waals surface area contributed by atoms with Gasteiger partial charge in [-0.15, -0.1) is 0 Å². The number of piperidine rings is 1. The molecule has 1 aliphatic heterocycles. The Morgan fingerprint density at radius 3 is 3.12 bits per heavy atom. The van der Waals surface area contributed by atoms with Gasteiger partial charge in [0.1, 0.15) is 11.5 Å². The molecule has 2 aromatic rings. The highest BCUT2D eigenvalue weighted by Crippen LogP contribution is 2.23. The van der Waals surface area contributed by atoms with Gasteiger partial charge in [0.05, 0.1) is 0 Å². The number of anilines is 1. The summed E-state index contributed by atoms with van der Waals surface area (Å²) >= 11 is 0. The molecule has 90 valence electrons. The normalized spacial score (nSPS) is 25.4. The van der Waals surface area contributed by atoms with Crippen molar-refractivity contribution in [3.05, 3.63) is 30.6 Å². The molecule has 1 aliphatic rings. The number of hydrogen-bond acceptors (Lipinski definition) is 3. The lowest BCUT2D eigenvalue weighted by atomic mass is 9.94. The zero-order valence-corrected chi connectivity index (χ0v) is 10.1. The fourth-order valence-corrected chi connectivity index (χ4v) is 2.50. The van der Waals surface area contributed by atoms with Crippen molar-refractivity contribution in [1.29, 1.82) is 0 Å². The van der Waals surface area contributed by atoms with Gasteiger partial charge in [-0.3, -0.25) is 4.40 Å². The number of rotatable bonds is 1. The second-order valence-corrected chi connectivity index (χ2v) is 4.92. The molecule has 0 spiro atoms. The smallest absolute Gasteiger partial charge is 0.138 e. The molecule has 17 heavy (non-hydrogen) atoms. The lowest BCUT2D eigenvalue weighted by molar-refractivity contribution is 0.377. The maximum Gasteiger partial charge on any atom is 0.138 e. The van der Waals surface area contributed by atoms with E-state index in [0.717, 1.165) is 25.2 Å². The predicted octanol–water partition coefficient (Wildman–Crippen LogP) is 1.51. The largest absolute Gasteiger partial charge is 0.356 e.